The van der Waals surface area contributed by atoms with Crippen molar-refractivity contribution in [2.75, 3.05) is 24.5 Å². The molecule has 25 heavy (non-hydrogen) atoms. The molecule has 0 aromatic heterocycles. The van der Waals surface area contributed by atoms with E-state index in [0.29, 0.717) is 29.8 Å². The topological polar surface area (TPSA) is 40.6 Å². The fraction of sp³-hybridized carbons (Fsp3) is 0.529. The SMILES string of the molecule is Cc1cc(F)c2c(c1)CCCN2C(=O)C1CC(=O)N(CC(F)(F)F)C1. The molecule has 2 aliphatic rings. The second kappa shape index (κ2) is 6.31. The summed E-state index contributed by atoms with van der Waals surface area (Å²) in [5.74, 6) is -2.57. The van der Waals surface area contributed by atoms with Gasteiger partial charge in [0.2, 0.25) is 11.8 Å². The third-order valence-electron chi connectivity index (χ3n) is 4.58. The standard InChI is InChI=1S/C17H18F4N2O2/c1-10-5-11-3-2-4-23(15(11)13(18)6-10)16(25)12-7-14(24)22(8-12)9-17(19,20)21/h5-6,12H,2-4,7-9H2,1H3. The van der Waals surface area contributed by atoms with Crippen molar-refractivity contribution in [1.29, 1.82) is 0 Å². The molecule has 1 fully saturated rings. The molecule has 8 heteroatoms. The Morgan fingerprint density at radius 2 is 2.04 bits per heavy atom. The van der Waals surface area contributed by atoms with Crippen LogP contribution in [-0.2, 0) is 16.0 Å². The van der Waals surface area contributed by atoms with Crippen molar-refractivity contribution in [1.82, 2.24) is 4.90 Å². The van der Waals surface area contributed by atoms with Gasteiger partial charge in [0.15, 0.2) is 0 Å². The van der Waals surface area contributed by atoms with E-state index < -0.39 is 36.3 Å². The van der Waals surface area contributed by atoms with Gasteiger partial charge in [-0.25, -0.2) is 4.39 Å². The number of carbonyl (C=O) groups excluding carboxylic acids is 2. The minimum atomic E-state index is -4.51. The Labute approximate surface area is 142 Å². The van der Waals surface area contributed by atoms with Crippen molar-refractivity contribution in [3.63, 3.8) is 0 Å². The number of carbonyl (C=O) groups is 2. The fourth-order valence-electron chi connectivity index (χ4n) is 3.59. The predicted molar refractivity (Wildman–Crippen MR) is 82.6 cm³/mol. The van der Waals surface area contributed by atoms with Gasteiger partial charge in [-0.3, -0.25) is 9.59 Å². The van der Waals surface area contributed by atoms with E-state index in [4.69, 9.17) is 0 Å². The normalized spacial score (nSPS) is 20.8. The number of halogens is 4. The lowest BCUT2D eigenvalue weighted by atomic mass is 9.97. The molecule has 0 spiro atoms. The molecule has 1 unspecified atom stereocenters. The van der Waals surface area contributed by atoms with Crippen molar-refractivity contribution < 1.29 is 27.2 Å². The van der Waals surface area contributed by atoms with E-state index in [-0.39, 0.29) is 18.7 Å². The lowest BCUT2D eigenvalue weighted by Crippen LogP contribution is -2.42. The Kier molecular flexibility index (Phi) is 4.47. The zero-order chi connectivity index (χ0) is 18.4. The maximum Gasteiger partial charge on any atom is 0.406 e. The van der Waals surface area contributed by atoms with Crippen LogP contribution in [0.5, 0.6) is 0 Å². The smallest absolute Gasteiger partial charge is 0.333 e. The summed E-state index contributed by atoms with van der Waals surface area (Å²) >= 11 is 0. The van der Waals surface area contributed by atoms with Crippen LogP contribution >= 0.6 is 0 Å². The molecular weight excluding hydrogens is 340 g/mol. The minimum absolute atomic E-state index is 0.198. The molecule has 3 rings (SSSR count). The zero-order valence-electron chi connectivity index (χ0n) is 13.7. The zero-order valence-corrected chi connectivity index (χ0v) is 13.7. The van der Waals surface area contributed by atoms with E-state index in [1.807, 2.05) is 6.07 Å². The monoisotopic (exact) mass is 358 g/mol. The van der Waals surface area contributed by atoms with E-state index in [9.17, 15) is 27.2 Å². The summed E-state index contributed by atoms with van der Waals surface area (Å²) in [6.45, 7) is 0.417. The first kappa shape index (κ1) is 17.7. The number of alkyl halides is 3. The van der Waals surface area contributed by atoms with E-state index in [0.717, 1.165) is 5.56 Å². The summed E-state index contributed by atoms with van der Waals surface area (Å²) in [5, 5.41) is 0. The number of nitrogens with zero attached hydrogens (tertiary/aromatic N) is 2. The highest BCUT2D eigenvalue weighted by molar-refractivity contribution is 6.00. The van der Waals surface area contributed by atoms with Crippen LogP contribution in [0.2, 0.25) is 0 Å². The number of likely N-dealkylation sites (tertiary alicyclic amines) is 1. The largest absolute Gasteiger partial charge is 0.406 e. The Hall–Kier alpha value is -2.12. The van der Waals surface area contributed by atoms with Gasteiger partial charge in [-0.05, 0) is 37.0 Å². The highest BCUT2D eigenvalue weighted by atomic mass is 19.4. The van der Waals surface area contributed by atoms with Crippen LogP contribution in [0.25, 0.3) is 0 Å². The van der Waals surface area contributed by atoms with Crippen LogP contribution in [0.1, 0.15) is 24.0 Å². The van der Waals surface area contributed by atoms with Crippen LogP contribution in [0.3, 0.4) is 0 Å². The van der Waals surface area contributed by atoms with Gasteiger partial charge in [-0.1, -0.05) is 6.07 Å². The third-order valence-corrected chi connectivity index (χ3v) is 4.58. The van der Waals surface area contributed by atoms with Gasteiger partial charge in [-0.15, -0.1) is 0 Å². The molecule has 0 aliphatic carbocycles. The lowest BCUT2D eigenvalue weighted by Gasteiger charge is -2.32. The second-order valence-electron chi connectivity index (χ2n) is 6.64. The number of aryl methyl sites for hydroxylation is 2. The summed E-state index contributed by atoms with van der Waals surface area (Å²) in [7, 11) is 0. The molecule has 0 bridgehead atoms. The summed E-state index contributed by atoms with van der Waals surface area (Å²) in [4.78, 5) is 26.5. The Morgan fingerprint density at radius 1 is 1.32 bits per heavy atom. The molecule has 1 aromatic rings. The van der Waals surface area contributed by atoms with Gasteiger partial charge < -0.3 is 9.80 Å². The molecule has 0 saturated carbocycles. The Balaban J connectivity index is 1.81. The van der Waals surface area contributed by atoms with Gasteiger partial charge >= 0.3 is 6.18 Å². The summed E-state index contributed by atoms with van der Waals surface area (Å²) in [6.07, 6.45) is -3.49. The molecule has 4 nitrogen and oxygen atoms in total. The van der Waals surface area contributed by atoms with Gasteiger partial charge in [0.05, 0.1) is 11.6 Å². The maximum atomic E-state index is 14.4. The molecule has 2 amide bonds. The number of hydrogen-bond donors (Lipinski definition) is 0. The maximum absolute atomic E-state index is 14.4. The highest BCUT2D eigenvalue weighted by Crippen LogP contribution is 2.34. The Morgan fingerprint density at radius 3 is 2.72 bits per heavy atom. The quantitative estimate of drug-likeness (QED) is 0.763. The molecule has 1 atom stereocenters. The van der Waals surface area contributed by atoms with Crippen LogP contribution in [-0.4, -0.2) is 42.5 Å². The van der Waals surface area contributed by atoms with Gasteiger partial charge in [0.25, 0.3) is 0 Å². The number of rotatable bonds is 2. The second-order valence-corrected chi connectivity index (χ2v) is 6.64. The van der Waals surface area contributed by atoms with E-state index in [2.05, 4.69) is 0 Å². The molecule has 1 aromatic carbocycles. The Bertz CT molecular complexity index is 717. The van der Waals surface area contributed by atoms with Gasteiger partial charge in [0.1, 0.15) is 12.4 Å². The molecule has 2 heterocycles. The summed E-state index contributed by atoms with van der Waals surface area (Å²) in [5.41, 5.74) is 1.66. The van der Waals surface area contributed by atoms with Crippen molar-refractivity contribution in [2.45, 2.75) is 32.4 Å². The van der Waals surface area contributed by atoms with Crippen LogP contribution < -0.4 is 4.90 Å². The van der Waals surface area contributed by atoms with E-state index >= 15 is 0 Å². The first-order valence-electron chi connectivity index (χ1n) is 8.10. The molecule has 136 valence electrons. The molecule has 1 saturated heterocycles. The van der Waals surface area contributed by atoms with Crippen LogP contribution in [0, 0.1) is 18.7 Å². The van der Waals surface area contributed by atoms with E-state index in [1.165, 1.54) is 11.0 Å². The summed E-state index contributed by atoms with van der Waals surface area (Å²) in [6, 6.07) is 3.15. The number of fused-ring (bicyclic) bond motifs is 1. The average Bonchev–Trinajstić information content (AvgIpc) is 2.84. The molecular formula is C17H18F4N2O2. The lowest BCUT2D eigenvalue weighted by molar-refractivity contribution is -0.157. The highest BCUT2D eigenvalue weighted by Gasteiger charge is 2.42. The third kappa shape index (κ3) is 3.62. The van der Waals surface area contributed by atoms with Crippen LogP contribution in [0.4, 0.5) is 23.2 Å². The first-order valence-corrected chi connectivity index (χ1v) is 8.10. The minimum Gasteiger partial charge on any atom is -0.333 e. The van der Waals surface area contributed by atoms with Crippen molar-refractivity contribution >= 4 is 17.5 Å². The molecule has 2 aliphatic heterocycles. The molecule has 0 radical (unpaired) electrons. The first-order chi connectivity index (χ1) is 11.7. The molecule has 0 N–H and O–H groups in total. The van der Waals surface area contributed by atoms with Crippen molar-refractivity contribution in [3.8, 4) is 0 Å². The van der Waals surface area contributed by atoms with Gasteiger partial charge in [-0.2, -0.15) is 13.2 Å². The van der Waals surface area contributed by atoms with E-state index in [1.54, 1.807) is 6.92 Å². The fourth-order valence-corrected chi connectivity index (χ4v) is 3.59. The summed E-state index contributed by atoms with van der Waals surface area (Å²) < 4.78 is 51.9. The van der Waals surface area contributed by atoms with Crippen molar-refractivity contribution in [3.05, 3.63) is 29.1 Å². The number of benzene rings is 1. The van der Waals surface area contributed by atoms with Gasteiger partial charge in [0, 0.05) is 19.5 Å². The predicted octanol–water partition coefficient (Wildman–Crippen LogP) is 2.82. The number of anilines is 1. The average molecular weight is 358 g/mol. The van der Waals surface area contributed by atoms with Crippen LogP contribution in [0.15, 0.2) is 12.1 Å². The number of hydrogen-bond acceptors (Lipinski definition) is 2. The number of amides is 2. The van der Waals surface area contributed by atoms with Crippen molar-refractivity contribution in [2.24, 2.45) is 5.92 Å².